The van der Waals surface area contributed by atoms with Crippen LogP contribution in [0.3, 0.4) is 0 Å². The van der Waals surface area contributed by atoms with Crippen molar-refractivity contribution in [1.29, 1.82) is 0 Å². The van der Waals surface area contributed by atoms with Crippen LogP contribution in [-0.2, 0) is 0 Å². The van der Waals surface area contributed by atoms with Gasteiger partial charge in [0.2, 0.25) is 0 Å². The molecular weight excluding hydrogens is 263 g/mol. The summed E-state index contributed by atoms with van der Waals surface area (Å²) in [6, 6.07) is 0. The van der Waals surface area contributed by atoms with Crippen LogP contribution in [0.15, 0.2) is 0 Å². The standard InChI is InChI=1S/2C6H11.Sn.H/c2*1-2-4-6-5-3-1;;/h2*1H,2-6H2;;. The van der Waals surface area contributed by atoms with E-state index in [1.807, 2.05) is 0 Å². The van der Waals surface area contributed by atoms with E-state index in [0.717, 1.165) is 0 Å². The summed E-state index contributed by atoms with van der Waals surface area (Å²) < 4.78 is 2.62. The zero-order valence-electron chi connectivity index (χ0n) is 8.80. The molecule has 2 rings (SSSR count). The Balaban J connectivity index is 1.69. The third-order valence-electron chi connectivity index (χ3n) is 3.84. The molecule has 0 saturated heterocycles. The monoisotopic (exact) mass is 287 g/mol. The van der Waals surface area contributed by atoms with Crippen LogP contribution in [0.25, 0.3) is 0 Å². The Labute approximate surface area is 93.1 Å². The van der Waals surface area contributed by atoms with Gasteiger partial charge in [0.05, 0.1) is 0 Å². The predicted octanol–water partition coefficient (Wildman–Crippen LogP) is 3.93. The average molecular weight is 286 g/mol. The molecule has 0 spiro atoms. The third kappa shape index (κ3) is 3.45. The molecule has 0 unspecified atom stereocenters. The van der Waals surface area contributed by atoms with Crippen molar-refractivity contribution in [2.75, 3.05) is 0 Å². The van der Waals surface area contributed by atoms with Crippen molar-refractivity contribution < 1.29 is 0 Å². The summed E-state index contributed by atoms with van der Waals surface area (Å²) in [4.78, 5) is 0. The van der Waals surface area contributed by atoms with Gasteiger partial charge in [0.15, 0.2) is 0 Å². The maximum absolute atomic E-state index is 1.64. The summed E-state index contributed by atoms with van der Waals surface area (Å²) in [5.41, 5.74) is 0. The van der Waals surface area contributed by atoms with Gasteiger partial charge in [0.25, 0.3) is 0 Å². The van der Waals surface area contributed by atoms with E-state index in [0.29, 0.717) is 0 Å². The number of rotatable bonds is 2. The number of hydrogen-bond acceptors (Lipinski definition) is 0. The molecule has 0 amide bonds. The molecule has 0 aromatic carbocycles. The van der Waals surface area contributed by atoms with Crippen molar-refractivity contribution in [3.63, 3.8) is 0 Å². The van der Waals surface area contributed by atoms with E-state index in [4.69, 9.17) is 0 Å². The first kappa shape index (κ1) is 10.3. The quantitative estimate of drug-likeness (QED) is 0.675. The molecule has 0 heterocycles. The first-order valence-electron chi connectivity index (χ1n) is 6.30. The summed E-state index contributed by atoms with van der Waals surface area (Å²) in [6.07, 6.45) is 15.9. The van der Waals surface area contributed by atoms with Gasteiger partial charge in [-0.25, -0.2) is 0 Å². The first-order chi connectivity index (χ1) is 6.45. The molecule has 2 saturated carbocycles. The van der Waals surface area contributed by atoms with Crippen LogP contribution in [0.2, 0.25) is 7.87 Å². The minimum atomic E-state index is -0.145. The second-order valence-electron chi connectivity index (χ2n) is 4.99. The minimum absolute atomic E-state index is 0.145. The third-order valence-corrected chi connectivity index (χ3v) is 10.8. The molecule has 2 aliphatic carbocycles. The van der Waals surface area contributed by atoms with Crippen molar-refractivity contribution in [3.8, 4) is 0 Å². The van der Waals surface area contributed by atoms with E-state index in [9.17, 15) is 0 Å². The Morgan fingerprint density at radius 1 is 0.538 bits per heavy atom. The van der Waals surface area contributed by atoms with Crippen LogP contribution >= 0.6 is 0 Å². The van der Waals surface area contributed by atoms with Crippen LogP contribution in [0.4, 0.5) is 0 Å². The van der Waals surface area contributed by atoms with Crippen molar-refractivity contribution >= 4 is 21.1 Å². The van der Waals surface area contributed by atoms with Crippen LogP contribution in [0, 0.1) is 0 Å². The fraction of sp³-hybridized carbons (Fsp3) is 1.00. The zero-order valence-corrected chi connectivity index (χ0v) is 12.1. The van der Waals surface area contributed by atoms with E-state index in [1.165, 1.54) is 7.87 Å². The van der Waals surface area contributed by atoms with E-state index in [1.54, 1.807) is 64.2 Å². The van der Waals surface area contributed by atoms with Crippen molar-refractivity contribution in [1.82, 2.24) is 0 Å². The SMILES string of the molecule is C1CC[CH]([SnH][CH]2CCCCC2)CC1. The van der Waals surface area contributed by atoms with Gasteiger partial charge in [-0.3, -0.25) is 0 Å². The number of hydrogen-bond donors (Lipinski definition) is 0. The normalized spacial score (nSPS) is 27.7. The molecule has 75 valence electrons. The Bertz CT molecular complexity index is 116. The summed E-state index contributed by atoms with van der Waals surface area (Å²) in [6.45, 7) is 0. The second kappa shape index (κ2) is 5.62. The van der Waals surface area contributed by atoms with E-state index < -0.39 is 0 Å². The van der Waals surface area contributed by atoms with Crippen LogP contribution < -0.4 is 0 Å². The van der Waals surface area contributed by atoms with Crippen molar-refractivity contribution in [2.45, 2.75) is 72.1 Å². The van der Waals surface area contributed by atoms with Gasteiger partial charge < -0.3 is 0 Å². The van der Waals surface area contributed by atoms with Crippen LogP contribution in [0.5, 0.6) is 0 Å². The van der Waals surface area contributed by atoms with E-state index >= 15 is 0 Å². The molecule has 13 heavy (non-hydrogen) atoms. The molecule has 0 atom stereocenters. The second-order valence-corrected chi connectivity index (χ2v) is 11.5. The molecule has 1 heteroatoms. The maximum atomic E-state index is 1.64. The molecule has 2 fully saturated rings. The van der Waals surface area contributed by atoms with E-state index in [2.05, 4.69) is 0 Å². The molecule has 0 aromatic rings. The van der Waals surface area contributed by atoms with Crippen LogP contribution in [-0.4, -0.2) is 21.1 Å². The average Bonchev–Trinajstić information content (AvgIpc) is 2.21. The Morgan fingerprint density at radius 3 is 1.31 bits per heavy atom. The van der Waals surface area contributed by atoms with Crippen molar-refractivity contribution in [2.24, 2.45) is 0 Å². The predicted molar refractivity (Wildman–Crippen MR) is 60.8 cm³/mol. The molecule has 0 N–H and O–H groups in total. The Morgan fingerprint density at radius 2 is 0.923 bits per heavy atom. The zero-order chi connectivity index (χ0) is 8.93. The molecule has 1 radical (unpaired) electrons. The molecular formula is C12H23Sn. The van der Waals surface area contributed by atoms with Crippen molar-refractivity contribution in [3.05, 3.63) is 0 Å². The molecule has 0 bridgehead atoms. The topological polar surface area (TPSA) is 0 Å². The first-order valence-corrected chi connectivity index (χ1v) is 10.1. The van der Waals surface area contributed by atoms with E-state index in [-0.39, 0.29) is 21.1 Å². The summed E-state index contributed by atoms with van der Waals surface area (Å²) in [5, 5.41) is 0. The fourth-order valence-corrected chi connectivity index (χ4v) is 10.1. The van der Waals surface area contributed by atoms with Gasteiger partial charge in [0, 0.05) is 0 Å². The molecule has 0 aromatic heterocycles. The molecule has 0 aliphatic heterocycles. The Hall–Kier alpha value is 0.799. The van der Waals surface area contributed by atoms with Gasteiger partial charge in [0.1, 0.15) is 0 Å². The molecule has 2 aliphatic rings. The van der Waals surface area contributed by atoms with Gasteiger partial charge >= 0.3 is 93.2 Å². The summed E-state index contributed by atoms with van der Waals surface area (Å²) in [7, 11) is 0. The van der Waals surface area contributed by atoms with Gasteiger partial charge in [-0.05, 0) is 0 Å². The van der Waals surface area contributed by atoms with Crippen LogP contribution in [0.1, 0.15) is 64.2 Å². The molecule has 0 nitrogen and oxygen atoms in total. The fourth-order valence-electron chi connectivity index (χ4n) is 3.04. The van der Waals surface area contributed by atoms with Gasteiger partial charge in [-0.2, -0.15) is 0 Å². The van der Waals surface area contributed by atoms with Gasteiger partial charge in [-0.15, -0.1) is 0 Å². The Kier molecular flexibility index (Phi) is 4.47. The summed E-state index contributed by atoms with van der Waals surface area (Å²) >= 11 is -0.145. The summed E-state index contributed by atoms with van der Waals surface area (Å²) in [5.74, 6) is 0. The van der Waals surface area contributed by atoms with Gasteiger partial charge in [-0.1, -0.05) is 0 Å².